The highest BCUT2D eigenvalue weighted by atomic mass is 15.0. The molecule has 0 fully saturated rings. The Balaban J connectivity index is 1.80. The van der Waals surface area contributed by atoms with Crippen molar-refractivity contribution in [2.45, 2.75) is 18.4 Å². The maximum atomic E-state index is 5.96. The Labute approximate surface area is 119 Å². The van der Waals surface area contributed by atoms with E-state index in [9.17, 15) is 0 Å². The summed E-state index contributed by atoms with van der Waals surface area (Å²) in [6, 6.07) is 17.3. The second-order valence-corrected chi connectivity index (χ2v) is 5.73. The molecule has 0 saturated heterocycles. The van der Waals surface area contributed by atoms with Crippen molar-refractivity contribution in [3.8, 4) is 0 Å². The second kappa shape index (κ2) is 4.41. The van der Waals surface area contributed by atoms with Gasteiger partial charge in [0.2, 0.25) is 0 Å². The van der Waals surface area contributed by atoms with Crippen LogP contribution < -0.4 is 11.1 Å². The number of nitrogens with two attached hydrogens (primary N) is 1. The first-order chi connectivity index (χ1) is 9.83. The summed E-state index contributed by atoms with van der Waals surface area (Å²) in [4.78, 5) is 0. The average Bonchev–Trinajstić information content (AvgIpc) is 2.97. The van der Waals surface area contributed by atoms with Gasteiger partial charge in [0.1, 0.15) is 0 Å². The highest BCUT2D eigenvalue weighted by Crippen LogP contribution is 2.49. The van der Waals surface area contributed by atoms with Gasteiger partial charge in [-0.15, -0.1) is 0 Å². The SMILES string of the molecule is Nc1ccc2c(c1)[C@@H]1C=CC[C@H]1[C@@H](c1ccccc1)N2. The van der Waals surface area contributed by atoms with Crippen molar-refractivity contribution in [2.24, 2.45) is 5.92 Å². The van der Waals surface area contributed by atoms with Crippen LogP contribution in [0.3, 0.4) is 0 Å². The zero-order valence-corrected chi connectivity index (χ0v) is 11.3. The number of hydrogen-bond acceptors (Lipinski definition) is 2. The zero-order valence-electron chi connectivity index (χ0n) is 11.3. The van der Waals surface area contributed by atoms with E-state index in [0.29, 0.717) is 17.9 Å². The van der Waals surface area contributed by atoms with Crippen LogP contribution in [-0.4, -0.2) is 0 Å². The Morgan fingerprint density at radius 2 is 1.90 bits per heavy atom. The molecule has 1 aliphatic carbocycles. The fraction of sp³-hybridized carbons (Fsp3) is 0.222. The molecule has 100 valence electrons. The highest BCUT2D eigenvalue weighted by Gasteiger charge is 2.37. The third-order valence-electron chi connectivity index (χ3n) is 4.55. The van der Waals surface area contributed by atoms with Crippen molar-refractivity contribution >= 4 is 11.4 Å². The average molecular weight is 262 g/mol. The number of allylic oxidation sites excluding steroid dienone is 2. The molecule has 0 aromatic heterocycles. The molecule has 0 spiro atoms. The Hall–Kier alpha value is -2.22. The molecule has 2 aromatic carbocycles. The minimum atomic E-state index is 0.382. The number of nitrogen functional groups attached to an aromatic ring is 1. The van der Waals surface area contributed by atoms with Crippen LogP contribution >= 0.6 is 0 Å². The molecule has 4 rings (SSSR count). The van der Waals surface area contributed by atoms with Gasteiger partial charge in [-0.2, -0.15) is 0 Å². The molecule has 2 aromatic rings. The smallest absolute Gasteiger partial charge is 0.0553 e. The molecule has 0 unspecified atom stereocenters. The normalized spacial score (nSPS) is 26.7. The van der Waals surface area contributed by atoms with Gasteiger partial charge in [-0.05, 0) is 41.7 Å². The molecule has 0 amide bonds. The maximum absolute atomic E-state index is 5.96. The summed E-state index contributed by atoms with van der Waals surface area (Å²) in [5, 5.41) is 3.72. The number of benzene rings is 2. The standard InChI is InChI=1S/C18H18N2/c19-13-9-10-17-16(11-13)14-7-4-8-15(14)18(20-17)12-5-2-1-3-6-12/h1-7,9-11,14-15,18,20H,8,19H2/t14-,15-,18-/m1/s1. The number of nitrogens with one attached hydrogen (secondary N) is 1. The summed E-state index contributed by atoms with van der Waals surface area (Å²) < 4.78 is 0. The van der Waals surface area contributed by atoms with E-state index in [0.717, 1.165) is 12.1 Å². The lowest BCUT2D eigenvalue weighted by Crippen LogP contribution is -2.29. The lowest BCUT2D eigenvalue weighted by atomic mass is 9.77. The monoisotopic (exact) mass is 262 g/mol. The first-order valence-corrected chi connectivity index (χ1v) is 7.20. The molecule has 3 N–H and O–H groups in total. The van der Waals surface area contributed by atoms with Gasteiger partial charge in [-0.1, -0.05) is 42.5 Å². The first-order valence-electron chi connectivity index (χ1n) is 7.20. The zero-order chi connectivity index (χ0) is 13.5. The van der Waals surface area contributed by atoms with Crippen molar-refractivity contribution in [1.82, 2.24) is 0 Å². The van der Waals surface area contributed by atoms with Crippen molar-refractivity contribution < 1.29 is 0 Å². The lowest BCUT2D eigenvalue weighted by molar-refractivity contribution is 0.426. The van der Waals surface area contributed by atoms with E-state index in [4.69, 9.17) is 5.73 Å². The quantitative estimate of drug-likeness (QED) is 0.600. The number of hydrogen-bond donors (Lipinski definition) is 2. The van der Waals surface area contributed by atoms with Crippen LogP contribution in [0.5, 0.6) is 0 Å². The Morgan fingerprint density at radius 1 is 1.05 bits per heavy atom. The molecular formula is C18H18N2. The van der Waals surface area contributed by atoms with E-state index in [1.54, 1.807) is 0 Å². The molecule has 1 aliphatic heterocycles. The third-order valence-corrected chi connectivity index (χ3v) is 4.55. The van der Waals surface area contributed by atoms with Gasteiger partial charge in [0, 0.05) is 17.3 Å². The van der Waals surface area contributed by atoms with E-state index in [-0.39, 0.29) is 0 Å². The van der Waals surface area contributed by atoms with Gasteiger partial charge >= 0.3 is 0 Å². The Bertz CT molecular complexity index is 660. The summed E-state index contributed by atoms with van der Waals surface area (Å²) in [5.41, 5.74) is 10.7. The van der Waals surface area contributed by atoms with Crippen molar-refractivity contribution in [3.63, 3.8) is 0 Å². The van der Waals surface area contributed by atoms with Crippen LogP contribution in [0.1, 0.15) is 29.5 Å². The molecule has 0 bridgehead atoms. The van der Waals surface area contributed by atoms with E-state index >= 15 is 0 Å². The summed E-state index contributed by atoms with van der Waals surface area (Å²) in [6.45, 7) is 0. The minimum absolute atomic E-state index is 0.382. The molecule has 0 radical (unpaired) electrons. The molecule has 2 aliphatic rings. The predicted molar refractivity (Wildman–Crippen MR) is 83.6 cm³/mol. The summed E-state index contributed by atoms with van der Waals surface area (Å²) in [5.74, 6) is 1.08. The van der Waals surface area contributed by atoms with E-state index in [1.165, 1.54) is 16.8 Å². The van der Waals surface area contributed by atoms with Crippen LogP contribution in [0.25, 0.3) is 0 Å². The molecule has 0 saturated carbocycles. The van der Waals surface area contributed by atoms with Crippen molar-refractivity contribution in [1.29, 1.82) is 0 Å². The largest absolute Gasteiger partial charge is 0.399 e. The summed E-state index contributed by atoms with van der Waals surface area (Å²) in [6.07, 6.45) is 5.79. The van der Waals surface area contributed by atoms with Gasteiger partial charge in [-0.3, -0.25) is 0 Å². The van der Waals surface area contributed by atoms with Gasteiger partial charge in [0.05, 0.1) is 6.04 Å². The van der Waals surface area contributed by atoms with Crippen LogP contribution in [-0.2, 0) is 0 Å². The van der Waals surface area contributed by atoms with Crippen LogP contribution in [0.4, 0.5) is 11.4 Å². The topological polar surface area (TPSA) is 38.0 Å². The molecule has 20 heavy (non-hydrogen) atoms. The molecule has 1 heterocycles. The highest BCUT2D eigenvalue weighted by molar-refractivity contribution is 5.64. The molecule has 2 nitrogen and oxygen atoms in total. The first kappa shape index (κ1) is 11.6. The van der Waals surface area contributed by atoms with E-state index < -0.39 is 0 Å². The fourth-order valence-electron chi connectivity index (χ4n) is 3.60. The molecule has 2 heteroatoms. The van der Waals surface area contributed by atoms with Gasteiger partial charge < -0.3 is 11.1 Å². The van der Waals surface area contributed by atoms with Crippen molar-refractivity contribution in [2.75, 3.05) is 11.1 Å². The third kappa shape index (κ3) is 1.72. The predicted octanol–water partition coefficient (Wildman–Crippen LogP) is 4.10. The lowest BCUT2D eigenvalue weighted by Gasteiger charge is -2.37. The maximum Gasteiger partial charge on any atom is 0.0553 e. The fourth-order valence-corrected chi connectivity index (χ4v) is 3.60. The van der Waals surface area contributed by atoms with Crippen molar-refractivity contribution in [3.05, 3.63) is 71.8 Å². The minimum Gasteiger partial charge on any atom is -0.399 e. The molecular weight excluding hydrogens is 244 g/mol. The van der Waals surface area contributed by atoms with E-state index in [1.807, 2.05) is 6.07 Å². The summed E-state index contributed by atoms with van der Waals surface area (Å²) in [7, 11) is 0. The Morgan fingerprint density at radius 3 is 2.75 bits per heavy atom. The van der Waals surface area contributed by atoms with Gasteiger partial charge in [0.25, 0.3) is 0 Å². The number of fused-ring (bicyclic) bond motifs is 3. The number of anilines is 2. The van der Waals surface area contributed by atoms with Gasteiger partial charge in [0.15, 0.2) is 0 Å². The summed E-state index contributed by atoms with van der Waals surface area (Å²) >= 11 is 0. The number of rotatable bonds is 1. The van der Waals surface area contributed by atoms with Crippen LogP contribution in [0.15, 0.2) is 60.7 Å². The van der Waals surface area contributed by atoms with Crippen LogP contribution in [0, 0.1) is 5.92 Å². The van der Waals surface area contributed by atoms with Crippen LogP contribution in [0.2, 0.25) is 0 Å². The Kier molecular flexibility index (Phi) is 2.56. The van der Waals surface area contributed by atoms with Gasteiger partial charge in [-0.25, -0.2) is 0 Å². The molecule has 3 atom stereocenters. The van der Waals surface area contributed by atoms with E-state index in [2.05, 4.69) is 59.9 Å². The second-order valence-electron chi connectivity index (χ2n) is 5.73.